The first kappa shape index (κ1) is 14.5. The van der Waals surface area contributed by atoms with Gasteiger partial charge in [0.15, 0.2) is 0 Å². The van der Waals surface area contributed by atoms with E-state index in [0.29, 0.717) is 6.54 Å². The summed E-state index contributed by atoms with van der Waals surface area (Å²) in [6, 6.07) is 10.3. The molecule has 2 heterocycles. The minimum atomic E-state index is -0.240. The molecule has 0 amide bonds. The van der Waals surface area contributed by atoms with Crippen molar-refractivity contribution in [2.24, 2.45) is 7.05 Å². The molecule has 4 nitrogen and oxygen atoms in total. The molecule has 0 aliphatic heterocycles. The van der Waals surface area contributed by atoms with E-state index in [2.05, 4.69) is 10.4 Å². The van der Waals surface area contributed by atoms with E-state index < -0.39 is 0 Å². The molecule has 0 radical (unpaired) electrons. The molecule has 1 atom stereocenters. The van der Waals surface area contributed by atoms with Gasteiger partial charge in [0.2, 0.25) is 0 Å². The summed E-state index contributed by atoms with van der Waals surface area (Å²) in [6.07, 6.45) is 3.77. The summed E-state index contributed by atoms with van der Waals surface area (Å²) < 4.78 is 20.5. The lowest BCUT2D eigenvalue weighted by molar-refractivity contribution is 0.450. The molecule has 3 rings (SSSR count). The molecule has 1 N–H and O–H groups in total. The quantitative estimate of drug-likeness (QED) is 0.785. The Kier molecular flexibility index (Phi) is 4.06. The van der Waals surface area contributed by atoms with Crippen LogP contribution in [0.15, 0.2) is 53.2 Å². The van der Waals surface area contributed by atoms with Crippen LogP contribution in [-0.2, 0) is 13.6 Å². The number of nitrogens with zero attached hydrogens (tertiary/aromatic N) is 2. The highest BCUT2D eigenvalue weighted by Crippen LogP contribution is 2.22. The number of halogens is 1. The van der Waals surface area contributed by atoms with E-state index in [9.17, 15) is 4.39 Å². The van der Waals surface area contributed by atoms with Crippen molar-refractivity contribution >= 4 is 0 Å². The number of hydrogen-bond donors (Lipinski definition) is 1. The number of rotatable bonds is 5. The third-order valence-electron chi connectivity index (χ3n) is 3.54. The lowest BCUT2D eigenvalue weighted by Gasteiger charge is -2.17. The minimum Gasteiger partial charge on any atom is -0.465 e. The molecular formula is C17H18FN3O. The molecule has 0 saturated carbocycles. The van der Waals surface area contributed by atoms with Gasteiger partial charge in [0.25, 0.3) is 0 Å². The molecule has 22 heavy (non-hydrogen) atoms. The maximum atomic E-state index is 13.2. The van der Waals surface area contributed by atoms with Gasteiger partial charge in [-0.25, -0.2) is 4.39 Å². The van der Waals surface area contributed by atoms with E-state index >= 15 is 0 Å². The highest BCUT2D eigenvalue weighted by Gasteiger charge is 2.16. The second kappa shape index (κ2) is 6.15. The smallest absolute Gasteiger partial charge is 0.123 e. The fraction of sp³-hybridized carbons (Fsp3) is 0.235. The van der Waals surface area contributed by atoms with Crippen LogP contribution in [0.1, 0.15) is 28.7 Å². The SMILES string of the molecule is Cc1ccc(CNC(c2ccc(F)cc2)c2cnn(C)c2)o1. The number of aromatic nitrogens is 2. The maximum absolute atomic E-state index is 13.2. The van der Waals surface area contributed by atoms with Gasteiger partial charge in [-0.2, -0.15) is 5.10 Å². The highest BCUT2D eigenvalue weighted by molar-refractivity contribution is 5.29. The van der Waals surface area contributed by atoms with Gasteiger partial charge < -0.3 is 4.42 Å². The summed E-state index contributed by atoms with van der Waals surface area (Å²) in [4.78, 5) is 0. The second-order valence-corrected chi connectivity index (χ2v) is 5.33. The Morgan fingerprint density at radius 2 is 1.95 bits per heavy atom. The van der Waals surface area contributed by atoms with E-state index in [-0.39, 0.29) is 11.9 Å². The Morgan fingerprint density at radius 1 is 1.18 bits per heavy atom. The molecule has 0 fully saturated rings. The average molecular weight is 299 g/mol. The zero-order chi connectivity index (χ0) is 15.5. The normalized spacial score (nSPS) is 12.5. The Morgan fingerprint density at radius 3 is 2.55 bits per heavy atom. The van der Waals surface area contributed by atoms with Crippen LogP contribution in [0.3, 0.4) is 0 Å². The van der Waals surface area contributed by atoms with E-state index in [1.807, 2.05) is 38.5 Å². The first-order valence-corrected chi connectivity index (χ1v) is 7.14. The van der Waals surface area contributed by atoms with Gasteiger partial charge >= 0.3 is 0 Å². The molecule has 0 spiro atoms. The lowest BCUT2D eigenvalue weighted by Crippen LogP contribution is -2.21. The molecule has 5 heteroatoms. The summed E-state index contributed by atoms with van der Waals surface area (Å²) >= 11 is 0. The molecule has 2 aromatic heterocycles. The lowest BCUT2D eigenvalue weighted by atomic mass is 10.0. The highest BCUT2D eigenvalue weighted by atomic mass is 19.1. The first-order valence-electron chi connectivity index (χ1n) is 7.14. The predicted molar refractivity (Wildman–Crippen MR) is 81.7 cm³/mol. The van der Waals surface area contributed by atoms with Gasteiger partial charge in [0.05, 0.1) is 18.8 Å². The van der Waals surface area contributed by atoms with Crippen molar-refractivity contribution in [1.82, 2.24) is 15.1 Å². The van der Waals surface area contributed by atoms with Crippen LogP contribution in [0.5, 0.6) is 0 Å². The summed E-state index contributed by atoms with van der Waals surface area (Å²) in [5.41, 5.74) is 2.01. The Hall–Kier alpha value is -2.40. The summed E-state index contributed by atoms with van der Waals surface area (Å²) in [7, 11) is 1.88. The van der Waals surface area contributed by atoms with Crippen LogP contribution in [0.25, 0.3) is 0 Å². The van der Waals surface area contributed by atoms with Gasteiger partial charge in [0, 0.05) is 18.8 Å². The summed E-state index contributed by atoms with van der Waals surface area (Å²) in [6.45, 7) is 2.51. The number of aryl methyl sites for hydroxylation is 2. The van der Waals surface area contributed by atoms with Crippen LogP contribution in [0, 0.1) is 12.7 Å². The third kappa shape index (κ3) is 3.26. The molecule has 0 saturated heterocycles. The topological polar surface area (TPSA) is 43.0 Å². The number of furan rings is 1. The Balaban J connectivity index is 1.84. The number of nitrogens with one attached hydrogen (secondary N) is 1. The second-order valence-electron chi connectivity index (χ2n) is 5.33. The van der Waals surface area contributed by atoms with Crippen LogP contribution < -0.4 is 5.32 Å². The van der Waals surface area contributed by atoms with Crippen molar-refractivity contribution in [1.29, 1.82) is 0 Å². The van der Waals surface area contributed by atoms with Gasteiger partial charge in [-0.3, -0.25) is 10.00 Å². The first-order chi connectivity index (χ1) is 10.6. The van der Waals surface area contributed by atoms with E-state index in [1.54, 1.807) is 16.8 Å². The van der Waals surface area contributed by atoms with Crippen molar-refractivity contribution in [2.75, 3.05) is 0 Å². The van der Waals surface area contributed by atoms with Gasteiger partial charge in [-0.05, 0) is 36.8 Å². The number of benzene rings is 1. The van der Waals surface area contributed by atoms with Crippen molar-refractivity contribution < 1.29 is 8.81 Å². The van der Waals surface area contributed by atoms with Crippen molar-refractivity contribution in [3.63, 3.8) is 0 Å². The van der Waals surface area contributed by atoms with E-state index in [4.69, 9.17) is 4.42 Å². The minimum absolute atomic E-state index is 0.0697. The van der Waals surface area contributed by atoms with Crippen LogP contribution in [0.2, 0.25) is 0 Å². The maximum Gasteiger partial charge on any atom is 0.123 e. The van der Waals surface area contributed by atoms with Crippen LogP contribution in [0.4, 0.5) is 4.39 Å². The fourth-order valence-corrected chi connectivity index (χ4v) is 2.46. The fourth-order valence-electron chi connectivity index (χ4n) is 2.46. The van der Waals surface area contributed by atoms with Crippen molar-refractivity contribution in [2.45, 2.75) is 19.5 Å². The summed E-state index contributed by atoms with van der Waals surface area (Å²) in [5, 5.41) is 7.66. The summed E-state index contributed by atoms with van der Waals surface area (Å²) in [5.74, 6) is 1.51. The average Bonchev–Trinajstić information content (AvgIpc) is 3.10. The van der Waals surface area contributed by atoms with Crippen molar-refractivity contribution in [3.8, 4) is 0 Å². The third-order valence-corrected chi connectivity index (χ3v) is 3.54. The molecule has 3 aromatic rings. The molecular weight excluding hydrogens is 281 g/mol. The largest absolute Gasteiger partial charge is 0.465 e. The molecule has 0 bridgehead atoms. The zero-order valence-electron chi connectivity index (χ0n) is 12.6. The van der Waals surface area contributed by atoms with E-state index in [1.165, 1.54) is 12.1 Å². The molecule has 114 valence electrons. The standard InChI is InChI=1S/C17H18FN3O/c1-12-3-8-16(22-12)10-19-17(14-9-20-21(2)11-14)13-4-6-15(18)7-5-13/h3-9,11,17,19H,10H2,1-2H3. The van der Waals surface area contributed by atoms with Crippen LogP contribution >= 0.6 is 0 Å². The van der Waals surface area contributed by atoms with Gasteiger partial charge in [-0.1, -0.05) is 12.1 Å². The Bertz CT molecular complexity index is 745. The Labute approximate surface area is 128 Å². The number of hydrogen-bond acceptors (Lipinski definition) is 3. The predicted octanol–water partition coefficient (Wildman–Crippen LogP) is 3.34. The van der Waals surface area contributed by atoms with Crippen molar-refractivity contribution in [3.05, 3.63) is 77.3 Å². The van der Waals surface area contributed by atoms with Gasteiger partial charge in [-0.15, -0.1) is 0 Å². The monoisotopic (exact) mass is 299 g/mol. The zero-order valence-corrected chi connectivity index (χ0v) is 12.6. The molecule has 0 aliphatic carbocycles. The molecule has 0 aliphatic rings. The van der Waals surface area contributed by atoms with Crippen LogP contribution in [-0.4, -0.2) is 9.78 Å². The van der Waals surface area contributed by atoms with Gasteiger partial charge in [0.1, 0.15) is 17.3 Å². The molecule has 1 aromatic carbocycles. The van der Waals surface area contributed by atoms with E-state index in [0.717, 1.165) is 22.6 Å². The molecule has 1 unspecified atom stereocenters.